The Morgan fingerprint density at radius 2 is 2.04 bits per heavy atom. The molecule has 0 saturated heterocycles. The van der Waals surface area contributed by atoms with Crippen molar-refractivity contribution in [1.29, 1.82) is 0 Å². The largest absolute Gasteiger partial charge is 0.496 e. The Labute approximate surface area is 149 Å². The van der Waals surface area contributed by atoms with Crippen LogP contribution in [-0.4, -0.2) is 29.1 Å². The molecular weight excluding hydrogens is 314 g/mol. The Balaban J connectivity index is 1.84. The SMILES string of the molecule is COc1cc(C(=O)O)ccc1CN1C=CC2C=CC(C(C)(C)C)=CC21. The van der Waals surface area contributed by atoms with E-state index in [1.165, 1.54) is 5.57 Å². The molecule has 0 amide bonds. The first kappa shape index (κ1) is 17.3. The lowest BCUT2D eigenvalue weighted by Gasteiger charge is -2.32. The standard InChI is InChI=1S/C21H25NO3/c1-21(2,3)17-8-7-14-9-10-22(18(14)12-17)13-16-6-5-15(20(23)24)11-19(16)25-4/h5-12,14,18H,13H2,1-4H3,(H,23,24). The first-order valence-electron chi connectivity index (χ1n) is 8.54. The first-order valence-corrected chi connectivity index (χ1v) is 8.54. The van der Waals surface area contributed by atoms with Crippen molar-refractivity contribution in [3.05, 3.63) is 65.4 Å². The molecule has 2 atom stereocenters. The maximum atomic E-state index is 11.2. The summed E-state index contributed by atoms with van der Waals surface area (Å²) < 4.78 is 5.41. The maximum Gasteiger partial charge on any atom is 0.335 e. The van der Waals surface area contributed by atoms with E-state index in [9.17, 15) is 4.79 Å². The minimum absolute atomic E-state index is 0.122. The van der Waals surface area contributed by atoms with E-state index in [1.54, 1.807) is 19.2 Å². The van der Waals surface area contributed by atoms with Crippen LogP contribution in [0.25, 0.3) is 0 Å². The number of rotatable bonds is 4. The van der Waals surface area contributed by atoms with Crippen molar-refractivity contribution in [1.82, 2.24) is 4.90 Å². The van der Waals surface area contributed by atoms with Gasteiger partial charge in [-0.1, -0.05) is 51.1 Å². The number of ether oxygens (including phenoxy) is 1. The van der Waals surface area contributed by atoms with E-state index < -0.39 is 5.97 Å². The number of fused-ring (bicyclic) bond motifs is 1. The predicted octanol–water partition coefficient (Wildman–Crippen LogP) is 4.25. The fraction of sp³-hybridized carbons (Fsp3) is 0.381. The summed E-state index contributed by atoms with van der Waals surface area (Å²) in [5, 5.41) is 9.15. The van der Waals surface area contributed by atoms with E-state index in [0.29, 0.717) is 24.3 Å². The zero-order valence-corrected chi connectivity index (χ0v) is 15.2. The van der Waals surface area contributed by atoms with E-state index in [1.807, 2.05) is 6.07 Å². The normalized spacial score (nSPS) is 21.9. The first-order chi connectivity index (χ1) is 11.8. The van der Waals surface area contributed by atoms with Crippen molar-refractivity contribution in [2.24, 2.45) is 11.3 Å². The van der Waals surface area contributed by atoms with Crippen LogP contribution in [0, 0.1) is 11.3 Å². The molecule has 4 nitrogen and oxygen atoms in total. The number of carbonyl (C=O) groups is 1. The molecule has 0 radical (unpaired) electrons. The van der Waals surface area contributed by atoms with Crippen molar-refractivity contribution >= 4 is 5.97 Å². The minimum atomic E-state index is -0.943. The molecule has 1 heterocycles. The molecule has 1 aromatic carbocycles. The molecule has 1 aromatic rings. The van der Waals surface area contributed by atoms with Crippen molar-refractivity contribution in [3.8, 4) is 5.75 Å². The van der Waals surface area contributed by atoms with Crippen molar-refractivity contribution in [2.45, 2.75) is 33.4 Å². The summed E-state index contributed by atoms with van der Waals surface area (Å²) in [5.74, 6) is 0.0552. The molecule has 3 rings (SSSR count). The lowest BCUT2D eigenvalue weighted by atomic mass is 9.80. The Kier molecular flexibility index (Phi) is 4.46. The lowest BCUT2D eigenvalue weighted by molar-refractivity contribution is 0.0696. The monoisotopic (exact) mass is 339 g/mol. The summed E-state index contributed by atoms with van der Waals surface area (Å²) >= 11 is 0. The zero-order chi connectivity index (χ0) is 18.2. The van der Waals surface area contributed by atoms with Crippen LogP contribution in [0.5, 0.6) is 5.75 Å². The second-order valence-electron chi connectivity index (χ2n) is 7.64. The average Bonchev–Trinajstić information content (AvgIpc) is 2.96. The molecule has 0 bridgehead atoms. The van der Waals surface area contributed by atoms with Gasteiger partial charge in [0.25, 0.3) is 0 Å². The van der Waals surface area contributed by atoms with Gasteiger partial charge in [0.2, 0.25) is 0 Å². The Morgan fingerprint density at radius 1 is 1.28 bits per heavy atom. The van der Waals surface area contributed by atoms with Gasteiger partial charge in [0, 0.05) is 18.0 Å². The van der Waals surface area contributed by atoms with Crippen LogP contribution in [0.1, 0.15) is 36.7 Å². The number of carboxylic acids is 1. The van der Waals surface area contributed by atoms with Crippen LogP contribution in [0.3, 0.4) is 0 Å². The van der Waals surface area contributed by atoms with Crippen molar-refractivity contribution in [2.75, 3.05) is 7.11 Å². The van der Waals surface area contributed by atoms with E-state index in [4.69, 9.17) is 9.84 Å². The molecular formula is C21H25NO3. The Morgan fingerprint density at radius 3 is 2.68 bits per heavy atom. The van der Waals surface area contributed by atoms with Crippen molar-refractivity contribution < 1.29 is 14.6 Å². The van der Waals surface area contributed by atoms with Gasteiger partial charge in [-0.05, 0) is 29.3 Å². The highest BCUT2D eigenvalue weighted by atomic mass is 16.5. The minimum Gasteiger partial charge on any atom is -0.496 e. The third kappa shape index (κ3) is 3.48. The Hall–Kier alpha value is -2.49. The molecule has 132 valence electrons. The highest BCUT2D eigenvalue weighted by Gasteiger charge is 2.31. The fourth-order valence-corrected chi connectivity index (χ4v) is 3.35. The molecule has 0 saturated carbocycles. The molecule has 1 aliphatic heterocycles. The molecule has 1 N–H and O–H groups in total. The summed E-state index contributed by atoms with van der Waals surface area (Å²) in [7, 11) is 1.58. The van der Waals surface area contributed by atoms with Crippen LogP contribution in [0.2, 0.25) is 0 Å². The fourth-order valence-electron chi connectivity index (χ4n) is 3.35. The second kappa shape index (κ2) is 6.43. The van der Waals surface area contributed by atoms with Gasteiger partial charge in [-0.3, -0.25) is 0 Å². The summed E-state index contributed by atoms with van der Waals surface area (Å²) in [6.07, 6.45) is 11.2. The summed E-state index contributed by atoms with van der Waals surface area (Å²) in [6, 6.07) is 5.36. The molecule has 0 aromatic heterocycles. The van der Waals surface area contributed by atoms with Gasteiger partial charge in [-0.15, -0.1) is 0 Å². The molecule has 25 heavy (non-hydrogen) atoms. The molecule has 2 unspecified atom stereocenters. The van der Waals surface area contributed by atoms with Crippen LogP contribution in [-0.2, 0) is 6.54 Å². The summed E-state index contributed by atoms with van der Waals surface area (Å²) in [4.78, 5) is 13.4. The second-order valence-corrected chi connectivity index (χ2v) is 7.64. The van der Waals surface area contributed by atoms with Crippen LogP contribution in [0.15, 0.2) is 54.3 Å². The summed E-state index contributed by atoms with van der Waals surface area (Å²) in [5.41, 5.74) is 2.69. The molecule has 1 aliphatic carbocycles. The molecule has 0 fully saturated rings. The van der Waals surface area contributed by atoms with Gasteiger partial charge < -0.3 is 14.7 Å². The van der Waals surface area contributed by atoms with E-state index in [2.05, 4.69) is 56.2 Å². The molecule has 0 spiro atoms. The van der Waals surface area contributed by atoms with Gasteiger partial charge in [-0.2, -0.15) is 0 Å². The maximum absolute atomic E-state index is 11.2. The third-order valence-corrected chi connectivity index (χ3v) is 4.88. The number of methoxy groups -OCH3 is 1. The van der Waals surface area contributed by atoms with Crippen LogP contribution in [0.4, 0.5) is 0 Å². The van der Waals surface area contributed by atoms with Gasteiger partial charge >= 0.3 is 5.97 Å². The quantitative estimate of drug-likeness (QED) is 0.891. The number of aromatic carboxylic acids is 1. The van der Waals surface area contributed by atoms with E-state index in [0.717, 1.165) is 5.56 Å². The highest BCUT2D eigenvalue weighted by Crippen LogP contribution is 2.36. The van der Waals surface area contributed by atoms with E-state index >= 15 is 0 Å². The number of benzene rings is 1. The topological polar surface area (TPSA) is 49.8 Å². The lowest BCUT2D eigenvalue weighted by Crippen LogP contribution is -2.32. The van der Waals surface area contributed by atoms with E-state index in [-0.39, 0.29) is 11.0 Å². The van der Waals surface area contributed by atoms with Gasteiger partial charge in [0.15, 0.2) is 0 Å². The number of hydrogen-bond donors (Lipinski definition) is 1. The van der Waals surface area contributed by atoms with Crippen molar-refractivity contribution in [3.63, 3.8) is 0 Å². The predicted molar refractivity (Wildman–Crippen MR) is 98.6 cm³/mol. The van der Waals surface area contributed by atoms with Gasteiger partial charge in [0.05, 0.1) is 18.7 Å². The Bertz CT molecular complexity index is 768. The number of allylic oxidation sites excluding steroid dienone is 2. The zero-order valence-electron chi connectivity index (χ0n) is 15.2. The highest BCUT2D eigenvalue weighted by molar-refractivity contribution is 5.88. The average molecular weight is 339 g/mol. The number of hydrogen-bond acceptors (Lipinski definition) is 3. The van der Waals surface area contributed by atoms with Gasteiger partial charge in [0.1, 0.15) is 5.75 Å². The molecule has 4 heteroatoms. The number of nitrogens with zero attached hydrogens (tertiary/aromatic N) is 1. The number of carboxylic acid groups (broad SMARTS) is 1. The molecule has 2 aliphatic rings. The van der Waals surface area contributed by atoms with Gasteiger partial charge in [-0.25, -0.2) is 4.79 Å². The smallest absolute Gasteiger partial charge is 0.335 e. The van der Waals surface area contributed by atoms with Crippen LogP contribution < -0.4 is 4.74 Å². The summed E-state index contributed by atoms with van der Waals surface area (Å²) in [6.45, 7) is 7.36. The van der Waals surface area contributed by atoms with Crippen LogP contribution >= 0.6 is 0 Å². The third-order valence-electron chi connectivity index (χ3n) is 4.88.